The third kappa shape index (κ3) is 5.53. The molecule has 6 aliphatic carbocycles. The van der Waals surface area contributed by atoms with Gasteiger partial charge >= 0.3 is 0 Å². The zero-order valence-corrected chi connectivity index (χ0v) is 34.4. The maximum atomic E-state index is 3.59. The predicted octanol–water partition coefficient (Wildman–Crippen LogP) is 13.7. The molecule has 2 aliphatic heterocycles. The van der Waals surface area contributed by atoms with E-state index in [0.717, 1.165) is 38.5 Å². The Hall–Kier alpha value is -5.80. The van der Waals surface area contributed by atoms with E-state index >= 15 is 0 Å². The Bertz CT molecular complexity index is 2810. The summed E-state index contributed by atoms with van der Waals surface area (Å²) in [6.07, 6.45) is 44.7. The van der Waals surface area contributed by atoms with Crippen molar-refractivity contribution in [2.75, 3.05) is 0 Å². The lowest BCUT2D eigenvalue weighted by molar-refractivity contribution is 0.294. The van der Waals surface area contributed by atoms with Gasteiger partial charge in [0, 0.05) is 51.0 Å². The van der Waals surface area contributed by atoms with E-state index in [0.29, 0.717) is 23.8 Å². The number of nitrogens with zero attached hydrogens (tertiary/aromatic N) is 2. The average Bonchev–Trinajstić information content (AvgIpc) is 3.89. The fourth-order valence-corrected chi connectivity index (χ4v) is 12.2. The molecule has 0 spiro atoms. The van der Waals surface area contributed by atoms with Gasteiger partial charge in [-0.1, -0.05) is 122 Å². The first-order valence-corrected chi connectivity index (χ1v) is 22.3. The first-order valence-electron chi connectivity index (χ1n) is 22.3. The van der Waals surface area contributed by atoms with E-state index in [1.165, 1.54) is 68.3 Å². The third-order valence-corrected chi connectivity index (χ3v) is 15.0. The van der Waals surface area contributed by atoms with Gasteiger partial charge in [-0.3, -0.25) is 0 Å². The van der Waals surface area contributed by atoms with Gasteiger partial charge in [0.25, 0.3) is 0 Å². The van der Waals surface area contributed by atoms with E-state index < -0.39 is 0 Å². The Balaban J connectivity index is 0.913. The summed E-state index contributed by atoms with van der Waals surface area (Å²) in [6.45, 7) is 4.94. The van der Waals surface area contributed by atoms with Crippen LogP contribution in [0.25, 0.3) is 33.1 Å². The summed E-state index contributed by atoms with van der Waals surface area (Å²) in [4.78, 5) is 2.80. The first-order chi connectivity index (χ1) is 29.0. The van der Waals surface area contributed by atoms with Gasteiger partial charge < -0.3 is 14.8 Å². The van der Waals surface area contributed by atoms with Crippen molar-refractivity contribution in [1.82, 2.24) is 14.8 Å². The van der Waals surface area contributed by atoms with Crippen molar-refractivity contribution in [3.63, 3.8) is 0 Å². The zero-order valence-electron chi connectivity index (χ0n) is 34.4. The first kappa shape index (κ1) is 35.2. The van der Waals surface area contributed by atoms with Crippen LogP contribution in [0.3, 0.4) is 0 Å². The highest BCUT2D eigenvalue weighted by Crippen LogP contribution is 2.58. The van der Waals surface area contributed by atoms with Gasteiger partial charge in [0.1, 0.15) is 0 Å². The molecule has 3 heterocycles. The van der Waals surface area contributed by atoms with Gasteiger partial charge in [-0.2, -0.15) is 0 Å². The standard InChI is InChI=1S/C56H53N3/c1-56(2)49-19-9-6-16-43(49)46-35-41(25-26-50(46)56)58-52-21-10-7-17-44(52)47-33-37(23-27-54(47)58)38-24-28-55-48(34-38)45-18-8-11-22-53(45)59(55)42-31-39(36-14-4-3-5-15-36)30-40(32-42)51-20-12-13-29-57-51/h4,6-8,11-18,20,22-32,34,37,46-47,51,54,57H,3,5,9-10,19,21,33,35H2,1-2H3. The van der Waals surface area contributed by atoms with Crippen LogP contribution in [0, 0.1) is 17.3 Å². The minimum atomic E-state index is 0.132. The van der Waals surface area contributed by atoms with Crippen molar-refractivity contribution < 1.29 is 0 Å². The van der Waals surface area contributed by atoms with Gasteiger partial charge in [-0.25, -0.2) is 0 Å². The van der Waals surface area contributed by atoms with Crippen molar-refractivity contribution in [2.24, 2.45) is 17.3 Å². The maximum Gasteiger partial charge on any atom is 0.0696 e. The highest BCUT2D eigenvalue weighted by molar-refractivity contribution is 6.09. The Labute approximate surface area is 349 Å². The van der Waals surface area contributed by atoms with Crippen LogP contribution in [0.2, 0.25) is 0 Å². The lowest BCUT2D eigenvalue weighted by atomic mass is 9.75. The Kier molecular flexibility index (Phi) is 8.12. The van der Waals surface area contributed by atoms with Crippen LogP contribution in [0.5, 0.6) is 0 Å². The lowest BCUT2D eigenvalue weighted by Crippen LogP contribution is -2.36. The van der Waals surface area contributed by atoms with E-state index in [-0.39, 0.29) is 11.5 Å². The van der Waals surface area contributed by atoms with E-state index in [1.54, 1.807) is 28.0 Å². The number of fused-ring (bicyclic) bond motifs is 7. The monoisotopic (exact) mass is 767 g/mol. The van der Waals surface area contributed by atoms with E-state index in [1.807, 2.05) is 0 Å². The molecule has 3 nitrogen and oxygen atoms in total. The molecule has 0 bridgehead atoms. The molecule has 5 atom stereocenters. The second-order valence-electron chi connectivity index (χ2n) is 18.5. The number of dihydropyridines is 1. The third-order valence-electron chi connectivity index (χ3n) is 15.0. The van der Waals surface area contributed by atoms with Crippen LogP contribution < -0.4 is 5.32 Å². The SMILES string of the molecule is CC1(C)C2=CC=C(N3C4=C(C=CCC4)C4CC(c5ccc6c(c5)c5ccccc5n6-c5cc(C6=CCCC=C6)cc(C6C=CC=CN6)c5)C=CC43)CC2C2=C1CCC=C2. The van der Waals surface area contributed by atoms with Crippen LogP contribution >= 0.6 is 0 Å². The molecule has 0 radical (unpaired) electrons. The molecule has 0 saturated heterocycles. The van der Waals surface area contributed by atoms with Crippen molar-refractivity contribution in [3.05, 3.63) is 202 Å². The molecular formula is C56H53N3. The highest BCUT2D eigenvalue weighted by Gasteiger charge is 2.47. The summed E-state index contributed by atoms with van der Waals surface area (Å²) in [5.74, 6) is 1.37. The molecule has 1 aromatic heterocycles. The average molecular weight is 768 g/mol. The maximum absolute atomic E-state index is 3.59. The smallest absolute Gasteiger partial charge is 0.0696 e. The Morgan fingerprint density at radius 2 is 1.59 bits per heavy atom. The molecule has 8 aliphatic rings. The zero-order chi connectivity index (χ0) is 39.2. The molecule has 3 heteroatoms. The van der Waals surface area contributed by atoms with E-state index in [4.69, 9.17) is 0 Å². The fourth-order valence-electron chi connectivity index (χ4n) is 12.2. The lowest BCUT2D eigenvalue weighted by Gasteiger charge is -2.39. The molecule has 0 fully saturated rings. The molecule has 5 unspecified atom stereocenters. The molecular weight excluding hydrogens is 715 g/mol. The van der Waals surface area contributed by atoms with Gasteiger partial charge in [0.15, 0.2) is 0 Å². The van der Waals surface area contributed by atoms with E-state index in [9.17, 15) is 0 Å². The number of aromatic nitrogens is 1. The summed E-state index contributed by atoms with van der Waals surface area (Å²) < 4.78 is 2.51. The summed E-state index contributed by atoms with van der Waals surface area (Å²) >= 11 is 0. The second-order valence-corrected chi connectivity index (χ2v) is 18.5. The van der Waals surface area contributed by atoms with Crippen molar-refractivity contribution in [3.8, 4) is 5.69 Å². The molecule has 292 valence electrons. The highest BCUT2D eigenvalue weighted by atomic mass is 15.2. The molecule has 4 aromatic rings. The number of rotatable bonds is 5. The number of hydrogen-bond donors (Lipinski definition) is 1. The van der Waals surface area contributed by atoms with Crippen molar-refractivity contribution >= 4 is 27.4 Å². The summed E-state index contributed by atoms with van der Waals surface area (Å²) in [7, 11) is 0. The van der Waals surface area contributed by atoms with Crippen LogP contribution in [0.15, 0.2) is 186 Å². The summed E-state index contributed by atoms with van der Waals surface area (Å²) in [5.41, 5.74) is 18.8. The largest absolute Gasteiger partial charge is 0.381 e. The molecule has 3 aromatic carbocycles. The molecule has 1 N–H and O–H groups in total. The van der Waals surface area contributed by atoms with Crippen molar-refractivity contribution in [1.29, 1.82) is 0 Å². The predicted molar refractivity (Wildman–Crippen MR) is 246 cm³/mol. The van der Waals surface area contributed by atoms with Crippen LogP contribution in [0.1, 0.15) is 93.9 Å². The van der Waals surface area contributed by atoms with Gasteiger partial charge in [-0.05, 0) is 140 Å². The number of allylic oxidation sites excluding steroid dienone is 18. The number of benzene rings is 3. The Morgan fingerprint density at radius 1 is 0.729 bits per heavy atom. The van der Waals surface area contributed by atoms with Crippen LogP contribution in [0.4, 0.5) is 0 Å². The summed E-state index contributed by atoms with van der Waals surface area (Å²) in [5, 5.41) is 6.24. The van der Waals surface area contributed by atoms with Crippen LogP contribution in [-0.2, 0) is 0 Å². The van der Waals surface area contributed by atoms with Crippen molar-refractivity contribution in [2.45, 2.75) is 83.2 Å². The minimum Gasteiger partial charge on any atom is -0.381 e. The molecule has 0 amide bonds. The molecule has 59 heavy (non-hydrogen) atoms. The fraction of sp³-hybridized carbons (Fsp3) is 0.286. The molecule has 0 saturated carbocycles. The summed E-state index contributed by atoms with van der Waals surface area (Å²) in [6, 6.07) is 24.1. The van der Waals surface area contributed by atoms with E-state index in [2.05, 4.69) is 181 Å². The molecule has 12 rings (SSSR count). The Morgan fingerprint density at radius 3 is 2.47 bits per heavy atom. The number of hydrogen-bond acceptors (Lipinski definition) is 2. The quantitative estimate of drug-likeness (QED) is 0.204. The minimum absolute atomic E-state index is 0.132. The van der Waals surface area contributed by atoms with Crippen LogP contribution in [-0.4, -0.2) is 15.5 Å². The second kappa shape index (κ2) is 13.6. The van der Waals surface area contributed by atoms with Gasteiger partial charge in [-0.15, -0.1) is 0 Å². The normalized spacial score (nSPS) is 27.5. The number of nitrogens with one attached hydrogen (secondary N) is 1. The van der Waals surface area contributed by atoms with Gasteiger partial charge in [0.2, 0.25) is 0 Å². The van der Waals surface area contributed by atoms with Gasteiger partial charge in [0.05, 0.1) is 23.1 Å². The number of para-hydroxylation sites is 1. The topological polar surface area (TPSA) is 20.2 Å².